The zero-order chi connectivity index (χ0) is 11.5. The lowest BCUT2D eigenvalue weighted by Crippen LogP contribution is -2.00. The average molecular weight is 220 g/mol. The van der Waals surface area contributed by atoms with Crippen LogP contribution in [0.5, 0.6) is 0 Å². The van der Waals surface area contributed by atoms with Gasteiger partial charge in [-0.25, -0.2) is 0 Å². The molecule has 0 atom stereocenters. The van der Waals surface area contributed by atoms with Crippen LogP contribution in [0.1, 0.15) is 55.1 Å². The summed E-state index contributed by atoms with van der Waals surface area (Å²) in [4.78, 5) is 0. The molecule has 90 valence electrons. The molecule has 0 aromatic carbocycles. The number of aromatic nitrogens is 1. The van der Waals surface area contributed by atoms with E-state index >= 15 is 0 Å². The number of unbranched alkanes of at least 4 members (excludes halogenated alkanes) is 2. The van der Waals surface area contributed by atoms with Crippen molar-refractivity contribution in [3.05, 3.63) is 23.0 Å². The molecule has 0 unspecified atom stereocenters. The number of rotatable bonds is 6. The molecule has 0 bridgehead atoms. The minimum Gasteiger partial charge on any atom is -0.346 e. The third kappa shape index (κ3) is 2.49. The quantitative estimate of drug-likeness (QED) is 0.734. The number of nitrogens with two attached hydrogens (primary N) is 1. The third-order valence-electron chi connectivity index (χ3n) is 3.65. The van der Waals surface area contributed by atoms with Gasteiger partial charge in [-0.3, -0.25) is 0 Å². The highest BCUT2D eigenvalue weighted by Crippen LogP contribution is 2.38. The molecule has 2 nitrogen and oxygen atoms in total. The lowest BCUT2D eigenvalue weighted by Gasteiger charge is -2.07. The summed E-state index contributed by atoms with van der Waals surface area (Å²) in [6, 6.07) is 3.20. The second-order valence-corrected chi connectivity index (χ2v) is 5.10. The van der Waals surface area contributed by atoms with E-state index in [1.54, 1.807) is 5.56 Å². The van der Waals surface area contributed by atoms with E-state index in [2.05, 4.69) is 24.5 Å². The van der Waals surface area contributed by atoms with Gasteiger partial charge >= 0.3 is 0 Å². The maximum atomic E-state index is 5.51. The van der Waals surface area contributed by atoms with Crippen molar-refractivity contribution in [2.75, 3.05) is 6.54 Å². The Labute approximate surface area is 98.8 Å². The normalized spacial score (nSPS) is 15.7. The first-order chi connectivity index (χ1) is 7.74. The molecule has 2 rings (SSSR count). The highest BCUT2D eigenvalue weighted by molar-refractivity contribution is 5.28. The molecule has 1 aromatic heterocycles. The van der Waals surface area contributed by atoms with E-state index in [-0.39, 0.29) is 0 Å². The number of nitrogens with zero attached hydrogens (tertiary/aromatic N) is 1. The Balaban J connectivity index is 1.96. The summed E-state index contributed by atoms with van der Waals surface area (Å²) in [5.41, 5.74) is 10.0. The largest absolute Gasteiger partial charge is 0.346 e. The van der Waals surface area contributed by atoms with Crippen molar-refractivity contribution in [1.29, 1.82) is 0 Å². The minimum atomic E-state index is 0.817. The highest BCUT2D eigenvalue weighted by atomic mass is 15.1. The van der Waals surface area contributed by atoms with Crippen molar-refractivity contribution in [2.24, 2.45) is 5.73 Å². The molecule has 0 radical (unpaired) electrons. The molecule has 16 heavy (non-hydrogen) atoms. The molecule has 1 saturated carbocycles. The lowest BCUT2D eigenvalue weighted by atomic mass is 10.1. The van der Waals surface area contributed by atoms with Crippen LogP contribution in [-0.2, 0) is 6.42 Å². The average Bonchev–Trinajstić information content (AvgIpc) is 3.03. The lowest BCUT2D eigenvalue weighted by molar-refractivity contribution is 0.671. The zero-order valence-electron chi connectivity index (χ0n) is 10.6. The first kappa shape index (κ1) is 11.7. The van der Waals surface area contributed by atoms with Crippen molar-refractivity contribution < 1.29 is 0 Å². The SMILES string of the molecule is Cc1cc(CCCCCN)c(C)n1C1CC1. The van der Waals surface area contributed by atoms with Crippen molar-refractivity contribution in [3.8, 4) is 0 Å². The van der Waals surface area contributed by atoms with Crippen LogP contribution in [0.3, 0.4) is 0 Å². The smallest absolute Gasteiger partial charge is 0.0337 e. The first-order valence-corrected chi connectivity index (χ1v) is 6.61. The molecule has 0 spiro atoms. The van der Waals surface area contributed by atoms with Gasteiger partial charge in [0.05, 0.1) is 0 Å². The molecular weight excluding hydrogens is 196 g/mol. The summed E-state index contributed by atoms with van der Waals surface area (Å²) in [5.74, 6) is 0. The van der Waals surface area contributed by atoms with E-state index < -0.39 is 0 Å². The second-order valence-electron chi connectivity index (χ2n) is 5.10. The molecular formula is C14H24N2. The molecule has 1 aliphatic rings. The van der Waals surface area contributed by atoms with Gasteiger partial charge in [0.25, 0.3) is 0 Å². The topological polar surface area (TPSA) is 30.9 Å². The second kappa shape index (κ2) is 5.05. The Hall–Kier alpha value is -0.760. The molecule has 1 heterocycles. The van der Waals surface area contributed by atoms with Crippen LogP contribution in [0.15, 0.2) is 6.07 Å². The number of aryl methyl sites for hydroxylation is 2. The Morgan fingerprint density at radius 2 is 2.00 bits per heavy atom. The van der Waals surface area contributed by atoms with E-state index in [9.17, 15) is 0 Å². The molecule has 1 aliphatic carbocycles. The van der Waals surface area contributed by atoms with Gasteiger partial charge in [-0.05, 0) is 64.1 Å². The van der Waals surface area contributed by atoms with Gasteiger partial charge in [0, 0.05) is 17.4 Å². The summed E-state index contributed by atoms with van der Waals surface area (Å²) in [7, 11) is 0. The van der Waals surface area contributed by atoms with Gasteiger partial charge < -0.3 is 10.3 Å². The Bertz CT molecular complexity index is 348. The van der Waals surface area contributed by atoms with Crippen LogP contribution in [0.25, 0.3) is 0 Å². The van der Waals surface area contributed by atoms with E-state index in [4.69, 9.17) is 5.73 Å². The Morgan fingerprint density at radius 1 is 1.25 bits per heavy atom. The van der Waals surface area contributed by atoms with Gasteiger partial charge in [0.15, 0.2) is 0 Å². The monoisotopic (exact) mass is 220 g/mol. The summed E-state index contributed by atoms with van der Waals surface area (Å²) in [5, 5.41) is 0. The van der Waals surface area contributed by atoms with E-state index in [1.807, 2.05) is 0 Å². The van der Waals surface area contributed by atoms with E-state index in [0.29, 0.717) is 0 Å². The fraction of sp³-hybridized carbons (Fsp3) is 0.714. The zero-order valence-corrected chi connectivity index (χ0v) is 10.6. The molecule has 0 saturated heterocycles. The van der Waals surface area contributed by atoms with Gasteiger partial charge in [0.2, 0.25) is 0 Å². The summed E-state index contributed by atoms with van der Waals surface area (Å²) in [6.07, 6.45) is 7.70. The van der Waals surface area contributed by atoms with Crippen LogP contribution in [0.4, 0.5) is 0 Å². The highest BCUT2D eigenvalue weighted by Gasteiger charge is 2.26. The van der Waals surface area contributed by atoms with Crippen molar-refractivity contribution in [2.45, 2.75) is 58.4 Å². The van der Waals surface area contributed by atoms with E-state index in [1.165, 1.54) is 49.9 Å². The first-order valence-electron chi connectivity index (χ1n) is 6.61. The molecule has 1 fully saturated rings. The maximum absolute atomic E-state index is 5.51. The van der Waals surface area contributed by atoms with E-state index in [0.717, 1.165) is 12.6 Å². The van der Waals surface area contributed by atoms with Crippen molar-refractivity contribution in [3.63, 3.8) is 0 Å². The molecule has 2 heteroatoms. The maximum Gasteiger partial charge on any atom is 0.0337 e. The molecule has 1 aromatic rings. The molecule has 0 amide bonds. The summed E-state index contributed by atoms with van der Waals surface area (Å²) < 4.78 is 2.54. The fourth-order valence-electron chi connectivity index (χ4n) is 2.63. The molecule has 2 N–H and O–H groups in total. The summed E-state index contributed by atoms with van der Waals surface area (Å²) >= 11 is 0. The van der Waals surface area contributed by atoms with Gasteiger partial charge in [-0.15, -0.1) is 0 Å². The van der Waals surface area contributed by atoms with Crippen molar-refractivity contribution in [1.82, 2.24) is 4.57 Å². The van der Waals surface area contributed by atoms with Crippen LogP contribution < -0.4 is 5.73 Å². The van der Waals surface area contributed by atoms with Crippen LogP contribution in [0.2, 0.25) is 0 Å². The number of hydrogen-bond acceptors (Lipinski definition) is 1. The number of hydrogen-bond donors (Lipinski definition) is 1. The van der Waals surface area contributed by atoms with Gasteiger partial charge in [-0.2, -0.15) is 0 Å². The Morgan fingerprint density at radius 3 is 2.62 bits per heavy atom. The van der Waals surface area contributed by atoms with Gasteiger partial charge in [-0.1, -0.05) is 6.42 Å². The minimum absolute atomic E-state index is 0.817. The van der Waals surface area contributed by atoms with Crippen molar-refractivity contribution >= 4 is 0 Å². The third-order valence-corrected chi connectivity index (χ3v) is 3.65. The van der Waals surface area contributed by atoms with Crippen LogP contribution in [-0.4, -0.2) is 11.1 Å². The summed E-state index contributed by atoms with van der Waals surface area (Å²) in [6.45, 7) is 5.36. The van der Waals surface area contributed by atoms with Crippen LogP contribution >= 0.6 is 0 Å². The van der Waals surface area contributed by atoms with Gasteiger partial charge in [0.1, 0.15) is 0 Å². The predicted octanol–water partition coefficient (Wildman–Crippen LogP) is 3.11. The fourth-order valence-corrected chi connectivity index (χ4v) is 2.63. The molecule has 0 aliphatic heterocycles. The standard InChI is InChI=1S/C14H24N2/c1-11-10-13(6-4-3-5-9-15)12(2)16(11)14-7-8-14/h10,14H,3-9,15H2,1-2H3. The predicted molar refractivity (Wildman–Crippen MR) is 68.8 cm³/mol. The Kier molecular flexibility index (Phi) is 3.70. The van der Waals surface area contributed by atoms with Crippen LogP contribution in [0, 0.1) is 13.8 Å².